The molecule has 0 amide bonds. The van der Waals surface area contributed by atoms with Gasteiger partial charge in [0, 0.05) is 23.0 Å². The molecule has 18 heavy (non-hydrogen) atoms. The van der Waals surface area contributed by atoms with Gasteiger partial charge in [-0.1, -0.05) is 0 Å². The van der Waals surface area contributed by atoms with Crippen LogP contribution in [0.4, 0.5) is 0 Å². The molecular formula is C14H16O4. The summed E-state index contributed by atoms with van der Waals surface area (Å²) in [5.74, 6) is 0.941. The lowest BCUT2D eigenvalue weighted by atomic mass is 9.90. The highest BCUT2D eigenvalue weighted by Gasteiger charge is 2.48. The van der Waals surface area contributed by atoms with E-state index in [2.05, 4.69) is 0 Å². The van der Waals surface area contributed by atoms with Crippen LogP contribution in [0.1, 0.15) is 30.4 Å². The molecule has 4 heteroatoms. The van der Waals surface area contributed by atoms with Gasteiger partial charge in [-0.05, 0) is 25.0 Å². The molecule has 0 unspecified atom stereocenters. The van der Waals surface area contributed by atoms with Crippen molar-refractivity contribution >= 4 is 5.97 Å². The van der Waals surface area contributed by atoms with Gasteiger partial charge in [0.05, 0.1) is 20.1 Å². The Kier molecular flexibility index (Phi) is 2.47. The van der Waals surface area contributed by atoms with Gasteiger partial charge in [0.2, 0.25) is 0 Å². The van der Waals surface area contributed by atoms with Crippen molar-refractivity contribution in [2.24, 2.45) is 0 Å². The van der Waals surface area contributed by atoms with E-state index in [1.54, 1.807) is 7.11 Å². The molecule has 1 heterocycles. The number of rotatable bonds is 4. The Morgan fingerprint density at radius 1 is 1.50 bits per heavy atom. The highest BCUT2D eigenvalue weighted by Crippen LogP contribution is 2.55. The SMILES string of the molecule is COc1cc2c(cc1C1(CC(=O)O)CC1)OCC2. The fraction of sp³-hybridized carbons (Fsp3) is 0.500. The quantitative estimate of drug-likeness (QED) is 0.887. The van der Waals surface area contributed by atoms with Gasteiger partial charge in [-0.15, -0.1) is 0 Å². The summed E-state index contributed by atoms with van der Waals surface area (Å²) in [4.78, 5) is 11.0. The normalized spacial score (nSPS) is 18.9. The van der Waals surface area contributed by atoms with Crippen LogP contribution in [0.3, 0.4) is 0 Å². The highest BCUT2D eigenvalue weighted by molar-refractivity contribution is 5.71. The third-order valence-corrected chi connectivity index (χ3v) is 3.93. The number of benzene rings is 1. The predicted molar refractivity (Wildman–Crippen MR) is 65.4 cm³/mol. The van der Waals surface area contributed by atoms with E-state index in [1.807, 2.05) is 12.1 Å². The number of carboxylic acids is 1. The van der Waals surface area contributed by atoms with E-state index in [-0.39, 0.29) is 11.8 Å². The molecule has 0 atom stereocenters. The minimum Gasteiger partial charge on any atom is -0.496 e. The topological polar surface area (TPSA) is 55.8 Å². The first-order chi connectivity index (χ1) is 8.64. The lowest BCUT2D eigenvalue weighted by Gasteiger charge is -2.18. The van der Waals surface area contributed by atoms with Crippen molar-refractivity contribution in [3.05, 3.63) is 23.3 Å². The summed E-state index contributed by atoms with van der Waals surface area (Å²) >= 11 is 0. The second kappa shape index (κ2) is 3.90. The van der Waals surface area contributed by atoms with Crippen molar-refractivity contribution in [1.29, 1.82) is 0 Å². The zero-order valence-electron chi connectivity index (χ0n) is 10.4. The fourth-order valence-corrected chi connectivity index (χ4v) is 2.77. The van der Waals surface area contributed by atoms with Crippen LogP contribution in [-0.4, -0.2) is 24.8 Å². The average molecular weight is 248 g/mol. The van der Waals surface area contributed by atoms with E-state index >= 15 is 0 Å². The third-order valence-electron chi connectivity index (χ3n) is 3.93. The van der Waals surface area contributed by atoms with Gasteiger partial charge in [0.15, 0.2) is 0 Å². The van der Waals surface area contributed by atoms with Gasteiger partial charge < -0.3 is 14.6 Å². The smallest absolute Gasteiger partial charge is 0.304 e. The first-order valence-electron chi connectivity index (χ1n) is 6.21. The summed E-state index contributed by atoms with van der Waals surface area (Å²) in [5, 5.41) is 9.04. The van der Waals surface area contributed by atoms with Crippen LogP contribution in [0.5, 0.6) is 11.5 Å². The molecule has 1 aliphatic carbocycles. The molecule has 1 fully saturated rings. The molecule has 0 saturated heterocycles. The van der Waals surface area contributed by atoms with E-state index in [0.29, 0.717) is 6.61 Å². The summed E-state index contributed by atoms with van der Waals surface area (Å²) in [6.45, 7) is 0.702. The molecule has 4 nitrogen and oxygen atoms in total. The molecule has 2 aliphatic rings. The Morgan fingerprint density at radius 3 is 2.89 bits per heavy atom. The van der Waals surface area contributed by atoms with Crippen LogP contribution in [0.25, 0.3) is 0 Å². The first kappa shape index (κ1) is 11.4. The fourth-order valence-electron chi connectivity index (χ4n) is 2.77. The van der Waals surface area contributed by atoms with Gasteiger partial charge in [-0.2, -0.15) is 0 Å². The molecule has 0 radical (unpaired) electrons. The minimum absolute atomic E-state index is 0.169. The highest BCUT2D eigenvalue weighted by atomic mass is 16.5. The Morgan fingerprint density at radius 2 is 2.28 bits per heavy atom. The van der Waals surface area contributed by atoms with E-state index in [9.17, 15) is 4.79 Å². The molecule has 1 saturated carbocycles. The Bertz CT molecular complexity index is 503. The van der Waals surface area contributed by atoms with Gasteiger partial charge in [0.1, 0.15) is 11.5 Å². The van der Waals surface area contributed by atoms with E-state index in [1.165, 1.54) is 0 Å². The Hall–Kier alpha value is -1.71. The number of hydrogen-bond acceptors (Lipinski definition) is 3. The zero-order chi connectivity index (χ0) is 12.8. The van der Waals surface area contributed by atoms with Gasteiger partial charge in [0.25, 0.3) is 0 Å². The van der Waals surface area contributed by atoms with Gasteiger partial charge >= 0.3 is 5.97 Å². The summed E-state index contributed by atoms with van der Waals surface area (Å²) < 4.78 is 11.0. The summed E-state index contributed by atoms with van der Waals surface area (Å²) in [5.41, 5.74) is 1.91. The molecule has 1 aromatic carbocycles. The maximum absolute atomic E-state index is 11.0. The number of carbonyl (C=O) groups is 1. The molecule has 1 N–H and O–H groups in total. The maximum Gasteiger partial charge on any atom is 0.304 e. The van der Waals surface area contributed by atoms with Crippen molar-refractivity contribution in [3.8, 4) is 11.5 Å². The van der Waals surface area contributed by atoms with Crippen LogP contribution in [0, 0.1) is 0 Å². The lowest BCUT2D eigenvalue weighted by Crippen LogP contribution is -2.14. The maximum atomic E-state index is 11.0. The largest absolute Gasteiger partial charge is 0.496 e. The molecule has 0 spiro atoms. The van der Waals surface area contributed by atoms with Crippen LogP contribution in [-0.2, 0) is 16.6 Å². The number of hydrogen-bond donors (Lipinski definition) is 1. The summed E-state index contributed by atoms with van der Waals surface area (Å²) in [6.07, 6.45) is 2.89. The van der Waals surface area contributed by atoms with Crippen molar-refractivity contribution in [1.82, 2.24) is 0 Å². The number of aliphatic carboxylic acids is 1. The van der Waals surface area contributed by atoms with Gasteiger partial charge in [-0.25, -0.2) is 0 Å². The molecule has 1 aromatic rings. The predicted octanol–water partition coefficient (Wildman–Crippen LogP) is 2.14. The van der Waals surface area contributed by atoms with Crippen LogP contribution >= 0.6 is 0 Å². The van der Waals surface area contributed by atoms with E-state index < -0.39 is 5.97 Å². The lowest BCUT2D eigenvalue weighted by molar-refractivity contribution is -0.137. The van der Waals surface area contributed by atoms with Crippen LogP contribution in [0.2, 0.25) is 0 Å². The second-order valence-electron chi connectivity index (χ2n) is 5.11. The van der Waals surface area contributed by atoms with Gasteiger partial charge in [-0.3, -0.25) is 4.79 Å². The third kappa shape index (κ3) is 1.72. The van der Waals surface area contributed by atoms with E-state index in [4.69, 9.17) is 14.6 Å². The number of ether oxygens (including phenoxy) is 2. The molecule has 3 rings (SSSR count). The Labute approximate surface area is 106 Å². The number of fused-ring (bicyclic) bond motifs is 1. The van der Waals surface area contributed by atoms with Crippen molar-refractivity contribution in [2.75, 3.05) is 13.7 Å². The molecule has 1 aliphatic heterocycles. The standard InChI is InChI=1S/C14H16O4/c1-17-12-6-9-2-5-18-11(9)7-10(12)14(3-4-14)8-13(15)16/h6-7H,2-5,8H2,1H3,(H,15,16). The van der Waals surface area contributed by atoms with E-state index in [0.717, 1.165) is 41.9 Å². The first-order valence-corrected chi connectivity index (χ1v) is 6.21. The monoisotopic (exact) mass is 248 g/mol. The van der Waals surface area contributed by atoms with Crippen LogP contribution in [0.15, 0.2) is 12.1 Å². The van der Waals surface area contributed by atoms with Crippen molar-refractivity contribution in [2.45, 2.75) is 31.1 Å². The summed E-state index contributed by atoms with van der Waals surface area (Å²) in [7, 11) is 1.64. The van der Waals surface area contributed by atoms with Crippen molar-refractivity contribution < 1.29 is 19.4 Å². The molecular weight excluding hydrogens is 232 g/mol. The number of carboxylic acid groups (broad SMARTS) is 1. The Balaban J connectivity index is 2.03. The van der Waals surface area contributed by atoms with Crippen molar-refractivity contribution in [3.63, 3.8) is 0 Å². The summed E-state index contributed by atoms with van der Waals surface area (Å²) in [6, 6.07) is 3.98. The number of methoxy groups -OCH3 is 1. The second-order valence-corrected chi connectivity index (χ2v) is 5.11. The zero-order valence-corrected chi connectivity index (χ0v) is 10.4. The molecule has 0 aromatic heterocycles. The molecule has 0 bridgehead atoms. The minimum atomic E-state index is -0.754. The molecule has 96 valence electrons. The average Bonchev–Trinajstić information content (AvgIpc) is 2.96. The van der Waals surface area contributed by atoms with Crippen LogP contribution < -0.4 is 9.47 Å².